The molecule has 2 aromatic carbocycles. The Labute approximate surface area is 306 Å². The number of benzene rings is 2. The minimum Gasteiger partial charge on any atom is -0.444 e. The van der Waals surface area contributed by atoms with Crippen LogP contribution in [-0.2, 0) is 35.5 Å². The number of aliphatic hydroxyl groups is 1. The third-order valence-electron chi connectivity index (χ3n) is 8.20. The molecule has 14 heteroatoms. The fourth-order valence-electron chi connectivity index (χ4n) is 5.39. The van der Waals surface area contributed by atoms with Crippen molar-refractivity contribution in [3.8, 4) is 0 Å². The highest BCUT2D eigenvalue weighted by Crippen LogP contribution is 2.20. The second-order valence-electron chi connectivity index (χ2n) is 13.2. The molecule has 0 aliphatic rings. The Hall–Kier alpha value is -4.40. The van der Waals surface area contributed by atoms with Crippen LogP contribution in [0.25, 0.3) is 0 Å². The molecule has 0 spiro atoms. The van der Waals surface area contributed by atoms with E-state index in [1.807, 2.05) is 49.6 Å². The highest BCUT2D eigenvalue weighted by atomic mass is 32.1. The van der Waals surface area contributed by atoms with Gasteiger partial charge in [0.2, 0.25) is 5.91 Å². The van der Waals surface area contributed by atoms with Crippen molar-refractivity contribution < 1.29 is 28.6 Å². The Morgan fingerprint density at radius 2 is 1.65 bits per heavy atom. The number of nitrogens with one attached hydrogen (secondary N) is 3. The Balaban J connectivity index is 1.48. The molecule has 11 nitrogen and oxygen atoms in total. The van der Waals surface area contributed by atoms with Gasteiger partial charge in [-0.1, -0.05) is 70.2 Å². The summed E-state index contributed by atoms with van der Waals surface area (Å²) in [6.45, 7) is 8.11. The maximum Gasteiger partial charge on any atom is 0.407 e. The molecular weight excluding hydrogens is 692 g/mol. The number of thiazole rings is 2. The molecule has 51 heavy (non-hydrogen) atoms. The summed E-state index contributed by atoms with van der Waals surface area (Å²) in [4.78, 5) is 50.9. The molecule has 4 amide bonds. The number of urea groups is 1. The Kier molecular flexibility index (Phi) is 14.9. The fourth-order valence-corrected chi connectivity index (χ4v) is 6.72. The normalized spacial score (nSPS) is 13.7. The number of aliphatic hydroxyl groups excluding tert-OH is 1. The average Bonchev–Trinajstić information content (AvgIpc) is 3.80. The number of nitrogens with zero attached hydrogens (tertiary/aromatic N) is 3. The first-order valence-electron chi connectivity index (χ1n) is 16.9. The van der Waals surface area contributed by atoms with Gasteiger partial charge in [-0.2, -0.15) is 0 Å². The van der Waals surface area contributed by atoms with Gasteiger partial charge in [0.1, 0.15) is 18.5 Å². The minimum absolute atomic E-state index is 0.0359. The van der Waals surface area contributed by atoms with Crippen LogP contribution >= 0.6 is 22.7 Å². The molecule has 0 radical (unpaired) electrons. The SMILES string of the molecule is CC(C)c1nc(CN(C)C(=O)N[C@H](C(=O)N[C@@H](Cc2ccc(F)cc2)C[C@H](O)[C@H](Cc2ccccc2)NC(=O)OCc2cncs2)C(C)C)cs1. The summed E-state index contributed by atoms with van der Waals surface area (Å²) >= 11 is 2.91. The Morgan fingerprint density at radius 3 is 2.27 bits per heavy atom. The van der Waals surface area contributed by atoms with Crippen molar-refractivity contribution in [2.24, 2.45) is 5.92 Å². The predicted molar refractivity (Wildman–Crippen MR) is 197 cm³/mol. The van der Waals surface area contributed by atoms with Crippen LogP contribution in [0.2, 0.25) is 0 Å². The first kappa shape index (κ1) is 39.4. The summed E-state index contributed by atoms with van der Waals surface area (Å²) in [6.07, 6.45) is 0.383. The maximum absolute atomic E-state index is 13.9. The number of hydrogen-bond donors (Lipinski definition) is 4. The summed E-state index contributed by atoms with van der Waals surface area (Å²) in [5.41, 5.74) is 4.03. The summed E-state index contributed by atoms with van der Waals surface area (Å²) < 4.78 is 19.2. The van der Waals surface area contributed by atoms with Crippen molar-refractivity contribution in [3.63, 3.8) is 0 Å². The number of carbonyl (C=O) groups is 3. The molecule has 4 aromatic rings. The van der Waals surface area contributed by atoms with Gasteiger partial charge in [-0.05, 0) is 48.4 Å². The number of hydrogen-bond acceptors (Lipinski definition) is 9. The summed E-state index contributed by atoms with van der Waals surface area (Å²) in [5, 5.41) is 23.3. The highest BCUT2D eigenvalue weighted by molar-refractivity contribution is 7.09. The van der Waals surface area contributed by atoms with E-state index in [-0.39, 0.29) is 37.8 Å². The predicted octanol–water partition coefficient (Wildman–Crippen LogP) is 6.04. The Morgan fingerprint density at radius 1 is 0.941 bits per heavy atom. The summed E-state index contributed by atoms with van der Waals surface area (Å²) in [5.74, 6) is -0.816. The molecule has 0 bridgehead atoms. The zero-order valence-corrected chi connectivity index (χ0v) is 31.2. The number of halogens is 1. The van der Waals surface area contributed by atoms with E-state index in [1.165, 1.54) is 28.4 Å². The number of amides is 4. The van der Waals surface area contributed by atoms with Gasteiger partial charge < -0.3 is 30.7 Å². The number of ether oxygens (including phenoxy) is 1. The van der Waals surface area contributed by atoms with Crippen LogP contribution < -0.4 is 16.0 Å². The van der Waals surface area contributed by atoms with E-state index >= 15 is 0 Å². The lowest BCUT2D eigenvalue weighted by atomic mass is 9.93. The highest BCUT2D eigenvalue weighted by Gasteiger charge is 2.31. The third kappa shape index (κ3) is 12.7. The van der Waals surface area contributed by atoms with E-state index in [9.17, 15) is 23.9 Å². The topological polar surface area (TPSA) is 146 Å². The number of rotatable bonds is 17. The molecule has 0 aliphatic carbocycles. The number of aromatic nitrogens is 2. The first-order chi connectivity index (χ1) is 24.4. The van der Waals surface area contributed by atoms with E-state index in [2.05, 4.69) is 39.8 Å². The molecule has 4 N–H and O–H groups in total. The van der Waals surface area contributed by atoms with Crippen molar-refractivity contribution in [3.05, 3.63) is 104 Å². The molecular formula is C37H47FN6O5S2. The standard InChI is InChI=1S/C37H47FN6O5S2/c1-23(2)33(43-36(47)44(5)19-29-21-50-35(41-29)24(3)4)34(46)40-28(15-26-11-13-27(38)14-12-26)17-32(45)31(16-25-9-7-6-8-10-25)42-37(48)49-20-30-18-39-22-51-30/h6-14,18,21-24,28,31-33,45H,15-17,19-20H2,1-5H3,(H,40,46)(H,42,48)(H,43,47)/t28-,31-,32-,33-/m0/s1. The molecule has 2 aromatic heterocycles. The van der Waals surface area contributed by atoms with Crippen molar-refractivity contribution in [1.29, 1.82) is 0 Å². The minimum atomic E-state index is -1.13. The summed E-state index contributed by atoms with van der Waals surface area (Å²) in [7, 11) is 1.65. The van der Waals surface area contributed by atoms with Crippen LogP contribution in [-0.4, -0.2) is 69.3 Å². The zero-order chi connectivity index (χ0) is 36.9. The van der Waals surface area contributed by atoms with E-state index in [1.54, 1.807) is 42.2 Å². The molecule has 0 aliphatic heterocycles. The quantitative estimate of drug-likeness (QED) is 0.103. The zero-order valence-electron chi connectivity index (χ0n) is 29.5. The van der Waals surface area contributed by atoms with Gasteiger partial charge in [-0.15, -0.1) is 22.7 Å². The van der Waals surface area contributed by atoms with Gasteiger partial charge in [-0.3, -0.25) is 9.78 Å². The fraction of sp³-hybridized carbons (Fsp3) is 0.432. The molecule has 0 saturated heterocycles. The van der Waals surface area contributed by atoms with Crippen molar-refractivity contribution in [1.82, 2.24) is 30.8 Å². The molecule has 4 rings (SSSR count). The van der Waals surface area contributed by atoms with Crippen LogP contribution in [0.15, 0.2) is 71.7 Å². The molecule has 2 heterocycles. The van der Waals surface area contributed by atoms with Gasteiger partial charge in [-0.25, -0.2) is 19.0 Å². The lowest BCUT2D eigenvalue weighted by molar-refractivity contribution is -0.124. The first-order valence-corrected chi connectivity index (χ1v) is 18.7. The largest absolute Gasteiger partial charge is 0.444 e. The van der Waals surface area contributed by atoms with Crippen LogP contribution in [0.3, 0.4) is 0 Å². The van der Waals surface area contributed by atoms with Crippen molar-refractivity contribution in [2.45, 2.75) is 90.3 Å². The Bertz CT molecular complexity index is 1670. The van der Waals surface area contributed by atoms with Crippen LogP contribution in [0.4, 0.5) is 14.0 Å². The molecule has 0 fully saturated rings. The van der Waals surface area contributed by atoms with Gasteiger partial charge in [0, 0.05) is 30.6 Å². The lowest BCUT2D eigenvalue weighted by Gasteiger charge is -2.30. The molecule has 0 saturated carbocycles. The smallest absolute Gasteiger partial charge is 0.407 e. The third-order valence-corrected chi connectivity index (χ3v) is 10.1. The van der Waals surface area contributed by atoms with Crippen LogP contribution in [0.5, 0.6) is 0 Å². The second-order valence-corrected chi connectivity index (χ2v) is 15.0. The molecule has 274 valence electrons. The summed E-state index contributed by atoms with van der Waals surface area (Å²) in [6, 6.07) is 12.6. The molecule has 0 unspecified atom stereocenters. The van der Waals surface area contributed by atoms with E-state index < -0.39 is 48.1 Å². The van der Waals surface area contributed by atoms with Crippen molar-refractivity contribution in [2.75, 3.05) is 7.05 Å². The van der Waals surface area contributed by atoms with Crippen LogP contribution in [0.1, 0.15) is 66.7 Å². The van der Waals surface area contributed by atoms with Gasteiger partial charge >= 0.3 is 12.1 Å². The number of alkyl carbamates (subject to hydrolysis) is 1. The van der Waals surface area contributed by atoms with E-state index in [4.69, 9.17) is 4.74 Å². The van der Waals surface area contributed by atoms with Gasteiger partial charge in [0.25, 0.3) is 0 Å². The van der Waals surface area contributed by atoms with Crippen molar-refractivity contribution >= 4 is 40.7 Å². The van der Waals surface area contributed by atoms with Crippen LogP contribution in [0, 0.1) is 11.7 Å². The van der Waals surface area contributed by atoms with Gasteiger partial charge in [0.15, 0.2) is 0 Å². The van der Waals surface area contributed by atoms with E-state index in [0.29, 0.717) is 6.42 Å². The monoisotopic (exact) mass is 738 g/mol. The molecule has 4 atom stereocenters. The van der Waals surface area contributed by atoms with E-state index in [0.717, 1.165) is 26.7 Å². The number of carbonyl (C=O) groups excluding carboxylic acids is 3. The van der Waals surface area contributed by atoms with Gasteiger partial charge in [0.05, 0.1) is 39.8 Å². The second kappa shape index (κ2) is 19.3. The lowest BCUT2D eigenvalue weighted by Crippen LogP contribution is -2.55. The average molecular weight is 739 g/mol. The maximum atomic E-state index is 13.9.